The highest BCUT2D eigenvalue weighted by Gasteiger charge is 2.42. The molecule has 0 spiro atoms. The van der Waals surface area contributed by atoms with Crippen molar-refractivity contribution in [2.24, 2.45) is 11.1 Å². The van der Waals surface area contributed by atoms with Gasteiger partial charge in [0.15, 0.2) is 0 Å². The van der Waals surface area contributed by atoms with Crippen LogP contribution in [0.5, 0.6) is 0 Å². The van der Waals surface area contributed by atoms with E-state index >= 15 is 0 Å². The summed E-state index contributed by atoms with van der Waals surface area (Å²) in [7, 11) is 0. The molecule has 1 aromatic carbocycles. The van der Waals surface area contributed by atoms with Crippen LogP contribution >= 0.6 is 0 Å². The molecule has 2 saturated heterocycles. The van der Waals surface area contributed by atoms with Crippen molar-refractivity contribution in [1.82, 2.24) is 19.5 Å². The normalized spacial score (nSPS) is 26.9. The Bertz CT molecular complexity index is 1150. The summed E-state index contributed by atoms with van der Waals surface area (Å²) in [4.78, 5) is 17.7. The zero-order valence-corrected chi connectivity index (χ0v) is 17.7. The van der Waals surface area contributed by atoms with Crippen molar-refractivity contribution < 1.29 is 13.9 Å². The fourth-order valence-electron chi connectivity index (χ4n) is 5.32. The number of rotatable bonds is 4. The number of aromatic nitrogens is 3. The first kappa shape index (κ1) is 19.5. The second-order valence-electron chi connectivity index (χ2n) is 9.80. The molecule has 3 N–H and O–H groups in total. The minimum absolute atomic E-state index is 0.0685. The van der Waals surface area contributed by atoms with Crippen molar-refractivity contribution in [3.8, 4) is 0 Å². The molecule has 0 bridgehead atoms. The summed E-state index contributed by atoms with van der Waals surface area (Å²) >= 11 is 0. The first-order valence-corrected chi connectivity index (χ1v) is 10.5. The molecule has 2 aliphatic rings. The van der Waals surface area contributed by atoms with Gasteiger partial charge < -0.3 is 15.5 Å². The van der Waals surface area contributed by atoms with E-state index in [9.17, 15) is 9.18 Å². The Morgan fingerprint density at radius 2 is 2.17 bits per heavy atom. The monoisotopic (exact) mass is 413 g/mol. The average Bonchev–Trinajstić information content (AvgIpc) is 3.21. The molecule has 5 rings (SSSR count). The number of likely N-dealkylation sites (tertiary alicyclic amines) is 1. The molecule has 2 aromatic heterocycles. The minimum Gasteiger partial charge on any atom is -0.380 e. The molecule has 2 fully saturated rings. The first-order chi connectivity index (χ1) is 14.2. The van der Waals surface area contributed by atoms with Crippen LogP contribution in [0.1, 0.15) is 49.5 Å². The lowest BCUT2D eigenvalue weighted by Gasteiger charge is -2.48. The third kappa shape index (κ3) is 2.93. The number of nitrogens with one attached hydrogen (secondary N) is 1. The molecule has 0 aliphatic carbocycles. The van der Waals surface area contributed by atoms with Crippen molar-refractivity contribution in [2.45, 2.75) is 45.1 Å². The van der Waals surface area contributed by atoms with Crippen molar-refractivity contribution in [2.75, 3.05) is 26.3 Å². The Morgan fingerprint density at radius 1 is 1.40 bits per heavy atom. The third-order valence-electron chi connectivity index (χ3n) is 7.03. The number of halogens is 1. The quantitative estimate of drug-likeness (QED) is 0.688. The van der Waals surface area contributed by atoms with E-state index < -0.39 is 11.7 Å². The lowest BCUT2D eigenvalue weighted by Crippen LogP contribution is -2.54. The number of piperidine rings is 1. The SMILES string of the molecule is CC1CC(C)(c2cnn3c2[nH]c2cc(F)cc(C(N)=O)c23)CCN1CC1(C)COC1. The lowest BCUT2D eigenvalue weighted by molar-refractivity contribution is -0.122. The Kier molecular flexibility index (Phi) is 4.24. The Hall–Kier alpha value is -2.45. The van der Waals surface area contributed by atoms with E-state index in [1.54, 1.807) is 4.52 Å². The van der Waals surface area contributed by atoms with Gasteiger partial charge in [0, 0.05) is 29.0 Å². The number of benzene rings is 1. The van der Waals surface area contributed by atoms with E-state index in [1.165, 1.54) is 12.1 Å². The maximum absolute atomic E-state index is 14.0. The summed E-state index contributed by atoms with van der Waals surface area (Å²) in [6.07, 6.45) is 3.88. The number of nitrogens with zero attached hydrogens (tertiary/aromatic N) is 3. The first-order valence-electron chi connectivity index (χ1n) is 10.5. The molecule has 2 unspecified atom stereocenters. The number of hydrogen-bond donors (Lipinski definition) is 2. The smallest absolute Gasteiger partial charge is 0.251 e. The number of primary amides is 1. The van der Waals surface area contributed by atoms with Gasteiger partial charge in [0.25, 0.3) is 5.91 Å². The molecular weight excluding hydrogens is 385 g/mol. The van der Waals surface area contributed by atoms with Crippen LogP contribution in [0.25, 0.3) is 16.7 Å². The highest BCUT2D eigenvalue weighted by Crippen LogP contribution is 2.41. The highest BCUT2D eigenvalue weighted by atomic mass is 19.1. The van der Waals surface area contributed by atoms with Crippen molar-refractivity contribution in [1.29, 1.82) is 0 Å². The topological polar surface area (TPSA) is 88.7 Å². The number of nitrogens with two attached hydrogens (primary N) is 1. The molecular formula is C22H28FN5O2. The van der Waals surface area contributed by atoms with Gasteiger partial charge >= 0.3 is 0 Å². The zero-order chi connectivity index (χ0) is 21.3. The van der Waals surface area contributed by atoms with E-state index in [0.29, 0.717) is 17.1 Å². The fourth-order valence-corrected chi connectivity index (χ4v) is 5.32. The molecule has 3 aromatic rings. The average molecular weight is 413 g/mol. The van der Waals surface area contributed by atoms with E-state index in [-0.39, 0.29) is 16.4 Å². The molecule has 4 heterocycles. The number of fused-ring (bicyclic) bond motifs is 3. The van der Waals surface area contributed by atoms with Gasteiger partial charge in [-0.05, 0) is 38.4 Å². The molecule has 2 atom stereocenters. The van der Waals surface area contributed by atoms with Crippen LogP contribution in [-0.4, -0.2) is 57.8 Å². The number of aromatic amines is 1. The van der Waals surface area contributed by atoms with Crippen LogP contribution < -0.4 is 5.73 Å². The third-order valence-corrected chi connectivity index (χ3v) is 7.03. The van der Waals surface area contributed by atoms with Crippen LogP contribution in [0.15, 0.2) is 18.3 Å². The number of imidazole rings is 1. The zero-order valence-electron chi connectivity index (χ0n) is 17.7. The predicted octanol–water partition coefficient (Wildman–Crippen LogP) is 2.83. The Balaban J connectivity index is 1.50. The maximum Gasteiger partial charge on any atom is 0.251 e. The molecule has 0 radical (unpaired) electrons. The van der Waals surface area contributed by atoms with Crippen LogP contribution in [0.4, 0.5) is 4.39 Å². The summed E-state index contributed by atoms with van der Waals surface area (Å²) in [5.74, 6) is -1.16. The highest BCUT2D eigenvalue weighted by molar-refractivity contribution is 6.05. The van der Waals surface area contributed by atoms with Crippen LogP contribution in [0, 0.1) is 11.2 Å². The number of ether oxygens (including phenoxy) is 1. The number of H-pyrrole nitrogens is 1. The second kappa shape index (κ2) is 6.52. The summed E-state index contributed by atoms with van der Waals surface area (Å²) in [6.45, 7) is 10.6. The van der Waals surface area contributed by atoms with E-state index in [1.807, 2.05) is 6.20 Å². The van der Waals surface area contributed by atoms with E-state index in [0.717, 1.165) is 50.4 Å². The molecule has 160 valence electrons. The van der Waals surface area contributed by atoms with Gasteiger partial charge in [0.05, 0.1) is 30.5 Å². The second-order valence-corrected chi connectivity index (χ2v) is 9.80. The number of carbonyl (C=O) groups excluding carboxylic acids is 1. The van der Waals surface area contributed by atoms with Crippen molar-refractivity contribution in [3.63, 3.8) is 0 Å². The number of amides is 1. The van der Waals surface area contributed by atoms with E-state index in [4.69, 9.17) is 10.5 Å². The van der Waals surface area contributed by atoms with Crippen molar-refractivity contribution in [3.05, 3.63) is 35.3 Å². The number of carbonyl (C=O) groups is 1. The van der Waals surface area contributed by atoms with Gasteiger partial charge in [-0.15, -0.1) is 0 Å². The maximum atomic E-state index is 14.0. The number of hydrogen-bond acceptors (Lipinski definition) is 4. The molecule has 1 amide bonds. The van der Waals surface area contributed by atoms with Gasteiger partial charge in [-0.1, -0.05) is 13.8 Å². The van der Waals surface area contributed by atoms with Gasteiger partial charge in [0.1, 0.15) is 17.0 Å². The summed E-state index contributed by atoms with van der Waals surface area (Å²) < 4.78 is 21.1. The van der Waals surface area contributed by atoms with Crippen LogP contribution in [0.3, 0.4) is 0 Å². The molecule has 2 aliphatic heterocycles. The summed E-state index contributed by atoms with van der Waals surface area (Å²) in [6, 6.07) is 2.99. The van der Waals surface area contributed by atoms with Gasteiger partial charge in [0.2, 0.25) is 0 Å². The van der Waals surface area contributed by atoms with Crippen LogP contribution in [-0.2, 0) is 10.2 Å². The Morgan fingerprint density at radius 3 is 2.80 bits per heavy atom. The summed E-state index contributed by atoms with van der Waals surface area (Å²) in [5, 5.41) is 4.55. The largest absolute Gasteiger partial charge is 0.380 e. The van der Waals surface area contributed by atoms with Crippen LogP contribution in [0.2, 0.25) is 0 Å². The Labute approximate surface area is 174 Å². The van der Waals surface area contributed by atoms with Gasteiger partial charge in [-0.25, -0.2) is 8.91 Å². The molecule has 7 nitrogen and oxygen atoms in total. The standard InChI is InChI=1S/C22H28FN5O2/c1-13-8-22(3,4-5-27(13)10-21(2)11-30-12-21)16-9-25-28-18-15(19(24)29)6-14(23)7-17(18)26-20(16)28/h6-7,9,13,26H,4-5,8,10-12H2,1-3H3,(H2,24,29). The molecule has 30 heavy (non-hydrogen) atoms. The van der Waals surface area contributed by atoms with Gasteiger partial charge in [-0.2, -0.15) is 5.10 Å². The van der Waals surface area contributed by atoms with Crippen molar-refractivity contribution >= 4 is 22.6 Å². The molecule has 8 heteroatoms. The van der Waals surface area contributed by atoms with Gasteiger partial charge in [-0.3, -0.25) is 9.69 Å². The predicted molar refractivity (Wildman–Crippen MR) is 112 cm³/mol. The molecule has 0 saturated carbocycles. The van der Waals surface area contributed by atoms with E-state index in [2.05, 4.69) is 35.8 Å². The fraction of sp³-hybridized carbons (Fsp3) is 0.545. The summed E-state index contributed by atoms with van der Waals surface area (Å²) in [5.41, 5.74) is 8.78. The lowest BCUT2D eigenvalue weighted by atomic mass is 9.72. The minimum atomic E-state index is -0.668.